The molecule has 5 nitrogen and oxygen atoms in total. The Morgan fingerprint density at radius 1 is 1.41 bits per heavy atom. The Kier molecular flexibility index (Phi) is 4.62. The Morgan fingerprint density at radius 2 is 2.06 bits per heavy atom. The maximum Gasteiger partial charge on any atom is 0.265 e. The monoisotopic (exact) mass is 255 g/mol. The molecule has 0 bridgehead atoms. The minimum Gasteiger partial charge on any atom is -0.344 e. The number of aromatic nitrogens is 1. The van der Waals surface area contributed by atoms with Gasteiger partial charge in [-0.1, -0.05) is 18.3 Å². The van der Waals surface area contributed by atoms with Gasteiger partial charge in [0.05, 0.1) is 5.69 Å². The van der Waals surface area contributed by atoms with Crippen LogP contribution in [-0.4, -0.2) is 35.8 Å². The van der Waals surface area contributed by atoms with Gasteiger partial charge in [-0.15, -0.1) is 0 Å². The van der Waals surface area contributed by atoms with Gasteiger partial charge >= 0.3 is 0 Å². The molecular formula is C11H17N3O2S. The molecule has 1 aromatic heterocycles. The first-order valence-electron chi connectivity index (χ1n) is 5.44. The summed E-state index contributed by atoms with van der Waals surface area (Å²) in [7, 11) is 3.38. The lowest BCUT2D eigenvalue weighted by Crippen LogP contribution is -2.21. The fourth-order valence-electron chi connectivity index (χ4n) is 1.26. The van der Waals surface area contributed by atoms with Crippen molar-refractivity contribution in [1.82, 2.24) is 9.88 Å². The zero-order valence-electron chi connectivity index (χ0n) is 10.5. The van der Waals surface area contributed by atoms with Gasteiger partial charge in [0.15, 0.2) is 5.13 Å². The van der Waals surface area contributed by atoms with Crippen LogP contribution in [-0.2, 0) is 4.79 Å². The van der Waals surface area contributed by atoms with Gasteiger partial charge in [0.1, 0.15) is 4.88 Å². The second kappa shape index (κ2) is 5.77. The van der Waals surface area contributed by atoms with Crippen molar-refractivity contribution < 1.29 is 9.59 Å². The van der Waals surface area contributed by atoms with Gasteiger partial charge in [0.2, 0.25) is 5.91 Å². The molecule has 0 aliphatic rings. The molecule has 1 N–H and O–H groups in total. The number of rotatable bonds is 4. The van der Waals surface area contributed by atoms with Crippen LogP contribution in [0.25, 0.3) is 0 Å². The van der Waals surface area contributed by atoms with E-state index in [-0.39, 0.29) is 11.8 Å². The molecule has 0 radical (unpaired) electrons. The van der Waals surface area contributed by atoms with Crippen molar-refractivity contribution in [2.45, 2.75) is 26.7 Å². The lowest BCUT2D eigenvalue weighted by molar-refractivity contribution is -0.116. The van der Waals surface area contributed by atoms with Gasteiger partial charge in [-0.2, -0.15) is 0 Å². The molecule has 94 valence electrons. The van der Waals surface area contributed by atoms with Gasteiger partial charge in [0, 0.05) is 20.5 Å². The Labute approximate surface area is 105 Å². The highest BCUT2D eigenvalue weighted by Crippen LogP contribution is 2.23. The molecule has 0 saturated carbocycles. The number of aryl methyl sites for hydroxylation is 1. The molecule has 0 saturated heterocycles. The van der Waals surface area contributed by atoms with Crippen molar-refractivity contribution in [3.8, 4) is 0 Å². The predicted octanol–water partition coefficient (Wildman–Crippen LogP) is 1.89. The first-order valence-corrected chi connectivity index (χ1v) is 6.26. The lowest BCUT2D eigenvalue weighted by Gasteiger charge is -2.07. The van der Waals surface area contributed by atoms with Crippen molar-refractivity contribution in [3.63, 3.8) is 0 Å². The smallest absolute Gasteiger partial charge is 0.265 e. The average Bonchev–Trinajstić information content (AvgIpc) is 2.58. The lowest BCUT2D eigenvalue weighted by atomic mass is 10.3. The number of carbonyl (C=O) groups is 2. The molecule has 6 heteroatoms. The number of hydrogen-bond acceptors (Lipinski definition) is 4. The quantitative estimate of drug-likeness (QED) is 0.893. The number of amides is 2. The van der Waals surface area contributed by atoms with E-state index in [1.807, 2.05) is 6.92 Å². The second-order valence-corrected chi connectivity index (χ2v) is 4.93. The summed E-state index contributed by atoms with van der Waals surface area (Å²) in [6, 6.07) is 0. The highest BCUT2D eigenvalue weighted by Gasteiger charge is 2.17. The molecule has 1 heterocycles. The molecule has 0 aromatic carbocycles. The van der Waals surface area contributed by atoms with Crippen LogP contribution >= 0.6 is 11.3 Å². The van der Waals surface area contributed by atoms with Crippen LogP contribution in [0, 0.1) is 6.92 Å². The third-order valence-electron chi connectivity index (χ3n) is 2.12. The van der Waals surface area contributed by atoms with Gasteiger partial charge in [-0.3, -0.25) is 9.59 Å². The average molecular weight is 255 g/mol. The number of thiazole rings is 1. The number of nitrogens with zero attached hydrogens (tertiary/aromatic N) is 2. The van der Waals surface area contributed by atoms with Crippen molar-refractivity contribution in [1.29, 1.82) is 0 Å². The van der Waals surface area contributed by atoms with E-state index in [9.17, 15) is 9.59 Å². The van der Waals surface area contributed by atoms with Crippen LogP contribution in [0.1, 0.15) is 35.1 Å². The van der Waals surface area contributed by atoms with Crippen molar-refractivity contribution in [3.05, 3.63) is 10.6 Å². The van der Waals surface area contributed by atoms with E-state index < -0.39 is 0 Å². The summed E-state index contributed by atoms with van der Waals surface area (Å²) < 4.78 is 0. The van der Waals surface area contributed by atoms with Crippen LogP contribution < -0.4 is 5.32 Å². The summed E-state index contributed by atoms with van der Waals surface area (Å²) in [4.78, 5) is 29.4. The second-order valence-electron chi connectivity index (χ2n) is 3.93. The summed E-state index contributed by atoms with van der Waals surface area (Å²) in [5.74, 6) is -0.152. The fraction of sp³-hybridized carbons (Fsp3) is 0.545. The summed E-state index contributed by atoms with van der Waals surface area (Å²) in [6.07, 6.45) is 1.26. The van der Waals surface area contributed by atoms with Crippen LogP contribution in [0.3, 0.4) is 0 Å². The summed E-state index contributed by atoms with van der Waals surface area (Å²) in [5, 5.41) is 3.19. The fourth-order valence-corrected chi connectivity index (χ4v) is 2.26. The first kappa shape index (κ1) is 13.6. The maximum atomic E-state index is 11.8. The molecule has 0 aliphatic carbocycles. The topological polar surface area (TPSA) is 62.3 Å². The van der Waals surface area contributed by atoms with E-state index in [0.717, 1.165) is 6.42 Å². The molecule has 0 unspecified atom stereocenters. The standard InChI is InChI=1S/C11H17N3O2S/c1-5-6-8(15)13-11-12-7(2)9(17-11)10(16)14(3)4/h5-6H2,1-4H3,(H,12,13,15). The molecule has 0 fully saturated rings. The van der Waals surface area contributed by atoms with Crippen molar-refractivity contribution in [2.75, 3.05) is 19.4 Å². The number of nitrogens with one attached hydrogen (secondary N) is 1. The van der Waals surface area contributed by atoms with E-state index in [2.05, 4.69) is 10.3 Å². The van der Waals surface area contributed by atoms with E-state index in [1.54, 1.807) is 21.0 Å². The largest absolute Gasteiger partial charge is 0.344 e. The van der Waals surface area contributed by atoms with E-state index in [4.69, 9.17) is 0 Å². The van der Waals surface area contributed by atoms with Crippen LogP contribution in [0.5, 0.6) is 0 Å². The third kappa shape index (κ3) is 3.52. The third-order valence-corrected chi connectivity index (χ3v) is 3.18. The molecule has 17 heavy (non-hydrogen) atoms. The Bertz CT molecular complexity index is 426. The summed E-state index contributed by atoms with van der Waals surface area (Å²) >= 11 is 1.22. The maximum absolute atomic E-state index is 11.8. The van der Waals surface area contributed by atoms with Gasteiger partial charge in [0.25, 0.3) is 5.91 Å². The minimum atomic E-state index is -0.0870. The normalized spacial score (nSPS) is 10.1. The minimum absolute atomic E-state index is 0.0647. The van der Waals surface area contributed by atoms with Gasteiger partial charge in [-0.05, 0) is 13.3 Å². The van der Waals surface area contributed by atoms with Gasteiger partial charge in [-0.25, -0.2) is 4.98 Å². The number of anilines is 1. The van der Waals surface area contributed by atoms with Crippen LogP contribution in [0.2, 0.25) is 0 Å². The van der Waals surface area contributed by atoms with E-state index in [1.165, 1.54) is 16.2 Å². The highest BCUT2D eigenvalue weighted by molar-refractivity contribution is 7.17. The molecule has 1 aromatic rings. The summed E-state index contributed by atoms with van der Waals surface area (Å²) in [6.45, 7) is 3.70. The number of carbonyl (C=O) groups excluding carboxylic acids is 2. The van der Waals surface area contributed by atoms with Crippen molar-refractivity contribution >= 4 is 28.3 Å². The van der Waals surface area contributed by atoms with Crippen molar-refractivity contribution in [2.24, 2.45) is 0 Å². The van der Waals surface area contributed by atoms with Crippen LogP contribution in [0.4, 0.5) is 5.13 Å². The molecule has 1 rings (SSSR count). The summed E-state index contributed by atoms with van der Waals surface area (Å²) in [5.41, 5.74) is 0.653. The zero-order chi connectivity index (χ0) is 13.0. The molecule has 2 amide bonds. The Balaban J connectivity index is 2.81. The number of hydrogen-bond donors (Lipinski definition) is 1. The van der Waals surface area contributed by atoms with E-state index >= 15 is 0 Å². The molecule has 0 spiro atoms. The Hall–Kier alpha value is -1.43. The molecular weight excluding hydrogens is 238 g/mol. The van der Waals surface area contributed by atoms with Crippen LogP contribution in [0.15, 0.2) is 0 Å². The first-order chi connectivity index (χ1) is 7.95. The highest BCUT2D eigenvalue weighted by atomic mass is 32.1. The molecule has 0 aliphatic heterocycles. The van der Waals surface area contributed by atoms with Gasteiger partial charge < -0.3 is 10.2 Å². The SMILES string of the molecule is CCCC(=O)Nc1nc(C)c(C(=O)N(C)C)s1. The predicted molar refractivity (Wildman–Crippen MR) is 68.4 cm³/mol. The van der Waals surface area contributed by atoms with E-state index in [0.29, 0.717) is 22.1 Å². The Morgan fingerprint density at radius 3 is 2.59 bits per heavy atom. The zero-order valence-corrected chi connectivity index (χ0v) is 11.3. The molecule has 0 atom stereocenters.